The number of carbonyl (C=O) groups is 1. The maximum Gasteiger partial charge on any atom is 0.165 e. The van der Waals surface area contributed by atoms with Crippen molar-refractivity contribution in [1.29, 1.82) is 0 Å². The SMILES string of the molecule is CCc1nc[nH]c1CCOCc1ccc(C(=O)C2CC2)cc1. The zero-order valence-electron chi connectivity index (χ0n) is 13.0. The summed E-state index contributed by atoms with van der Waals surface area (Å²) in [6.45, 7) is 3.34. The van der Waals surface area contributed by atoms with Crippen LogP contribution in [0, 0.1) is 5.92 Å². The van der Waals surface area contributed by atoms with Gasteiger partial charge in [0.2, 0.25) is 0 Å². The molecule has 0 aliphatic heterocycles. The van der Waals surface area contributed by atoms with Gasteiger partial charge >= 0.3 is 0 Å². The van der Waals surface area contributed by atoms with E-state index < -0.39 is 0 Å². The minimum Gasteiger partial charge on any atom is -0.376 e. The first kappa shape index (κ1) is 15.0. The van der Waals surface area contributed by atoms with E-state index in [2.05, 4.69) is 16.9 Å². The summed E-state index contributed by atoms with van der Waals surface area (Å²) in [5.74, 6) is 0.572. The number of Topliss-reactive ketones (excluding diaryl/α,β-unsaturated/α-hetero) is 1. The molecule has 1 aromatic carbocycles. The predicted octanol–water partition coefficient (Wildman–Crippen LogP) is 3.32. The normalized spacial score (nSPS) is 14.2. The molecule has 1 saturated carbocycles. The van der Waals surface area contributed by atoms with Gasteiger partial charge in [-0.25, -0.2) is 4.98 Å². The van der Waals surface area contributed by atoms with Crippen molar-refractivity contribution in [1.82, 2.24) is 9.97 Å². The lowest BCUT2D eigenvalue weighted by Gasteiger charge is -2.06. The van der Waals surface area contributed by atoms with Crippen LogP contribution in [0.4, 0.5) is 0 Å². The molecule has 1 aliphatic carbocycles. The molecule has 3 rings (SSSR count). The maximum absolute atomic E-state index is 11.9. The fourth-order valence-corrected chi connectivity index (χ4v) is 2.58. The van der Waals surface area contributed by atoms with Gasteiger partial charge in [0, 0.05) is 23.6 Å². The number of H-pyrrole nitrogens is 1. The van der Waals surface area contributed by atoms with E-state index in [-0.39, 0.29) is 5.92 Å². The molecule has 0 saturated heterocycles. The molecular weight excluding hydrogens is 276 g/mol. The Morgan fingerprint density at radius 1 is 1.32 bits per heavy atom. The molecule has 116 valence electrons. The standard InChI is InChI=1S/C18H22N2O2/c1-2-16-17(20-12-19-16)9-10-22-11-13-3-5-14(6-4-13)18(21)15-7-8-15/h3-6,12,15H,2,7-11H2,1H3,(H,19,20). The van der Waals surface area contributed by atoms with Gasteiger partial charge in [-0.15, -0.1) is 0 Å². The first-order chi connectivity index (χ1) is 10.8. The molecule has 1 aliphatic rings. The lowest BCUT2D eigenvalue weighted by atomic mass is 10.1. The van der Waals surface area contributed by atoms with Crippen LogP contribution in [0.2, 0.25) is 0 Å². The van der Waals surface area contributed by atoms with E-state index in [4.69, 9.17) is 4.74 Å². The van der Waals surface area contributed by atoms with E-state index in [9.17, 15) is 4.79 Å². The highest BCUT2D eigenvalue weighted by Crippen LogP contribution is 2.32. The molecule has 0 spiro atoms. The van der Waals surface area contributed by atoms with Gasteiger partial charge in [-0.3, -0.25) is 4.79 Å². The second-order valence-corrected chi connectivity index (χ2v) is 5.82. The summed E-state index contributed by atoms with van der Waals surface area (Å²) in [5, 5.41) is 0. The molecule has 0 amide bonds. The van der Waals surface area contributed by atoms with Crippen molar-refractivity contribution in [2.75, 3.05) is 6.61 Å². The summed E-state index contributed by atoms with van der Waals surface area (Å²) in [5.41, 5.74) is 4.21. The zero-order chi connectivity index (χ0) is 15.4. The molecule has 1 aromatic heterocycles. The number of hydrogen-bond donors (Lipinski definition) is 1. The van der Waals surface area contributed by atoms with Gasteiger partial charge in [0.1, 0.15) is 0 Å². The number of imidazole rings is 1. The molecular formula is C18H22N2O2. The Bertz CT molecular complexity index is 627. The Kier molecular flexibility index (Phi) is 4.68. The number of rotatable bonds is 8. The first-order valence-corrected chi connectivity index (χ1v) is 8.00. The first-order valence-electron chi connectivity index (χ1n) is 8.00. The lowest BCUT2D eigenvalue weighted by molar-refractivity contribution is 0.0967. The third kappa shape index (κ3) is 3.63. The van der Waals surface area contributed by atoms with E-state index in [0.717, 1.165) is 48.2 Å². The summed E-state index contributed by atoms with van der Waals surface area (Å²) in [6.07, 6.45) is 5.63. The monoisotopic (exact) mass is 298 g/mol. The van der Waals surface area contributed by atoms with Crippen LogP contribution in [-0.4, -0.2) is 22.4 Å². The van der Waals surface area contributed by atoms with Crippen molar-refractivity contribution in [3.8, 4) is 0 Å². The van der Waals surface area contributed by atoms with Gasteiger partial charge in [-0.2, -0.15) is 0 Å². The Morgan fingerprint density at radius 2 is 2.09 bits per heavy atom. The summed E-state index contributed by atoms with van der Waals surface area (Å²) in [4.78, 5) is 19.4. The third-order valence-corrected chi connectivity index (χ3v) is 4.09. The van der Waals surface area contributed by atoms with Gasteiger partial charge in [-0.1, -0.05) is 31.2 Å². The van der Waals surface area contributed by atoms with Gasteiger partial charge in [0.15, 0.2) is 5.78 Å². The quantitative estimate of drug-likeness (QED) is 0.601. The maximum atomic E-state index is 11.9. The molecule has 0 bridgehead atoms. The Balaban J connectivity index is 1.44. The van der Waals surface area contributed by atoms with Crippen LogP contribution in [0.5, 0.6) is 0 Å². The fourth-order valence-electron chi connectivity index (χ4n) is 2.58. The average Bonchev–Trinajstić information content (AvgIpc) is 3.30. The van der Waals surface area contributed by atoms with Crippen LogP contribution < -0.4 is 0 Å². The summed E-state index contributed by atoms with van der Waals surface area (Å²) in [7, 11) is 0. The summed E-state index contributed by atoms with van der Waals surface area (Å²) < 4.78 is 5.72. The number of ketones is 1. The number of nitrogens with one attached hydrogen (secondary N) is 1. The lowest BCUT2D eigenvalue weighted by Crippen LogP contribution is -2.03. The highest BCUT2D eigenvalue weighted by Gasteiger charge is 2.30. The molecule has 1 fully saturated rings. The number of carbonyl (C=O) groups excluding carboxylic acids is 1. The van der Waals surface area contributed by atoms with Crippen molar-refractivity contribution >= 4 is 5.78 Å². The largest absolute Gasteiger partial charge is 0.376 e. The average molecular weight is 298 g/mol. The molecule has 0 unspecified atom stereocenters. The van der Waals surface area contributed by atoms with E-state index in [0.29, 0.717) is 19.0 Å². The van der Waals surface area contributed by atoms with Crippen LogP contribution in [-0.2, 0) is 24.2 Å². The van der Waals surface area contributed by atoms with Gasteiger partial charge in [0.05, 0.1) is 25.2 Å². The van der Waals surface area contributed by atoms with E-state index in [1.165, 1.54) is 0 Å². The van der Waals surface area contributed by atoms with Crippen LogP contribution in [0.25, 0.3) is 0 Å². The predicted molar refractivity (Wildman–Crippen MR) is 84.8 cm³/mol. The van der Waals surface area contributed by atoms with Crippen molar-refractivity contribution in [3.63, 3.8) is 0 Å². The zero-order valence-corrected chi connectivity index (χ0v) is 13.0. The third-order valence-electron chi connectivity index (χ3n) is 4.09. The number of aromatic amines is 1. The number of nitrogens with zero attached hydrogens (tertiary/aromatic N) is 1. The van der Waals surface area contributed by atoms with E-state index in [1.807, 2.05) is 24.3 Å². The fraction of sp³-hybridized carbons (Fsp3) is 0.444. The second-order valence-electron chi connectivity index (χ2n) is 5.82. The summed E-state index contributed by atoms with van der Waals surface area (Å²) >= 11 is 0. The Labute approximate surface area is 130 Å². The number of ether oxygens (including phenoxy) is 1. The second kappa shape index (κ2) is 6.88. The topological polar surface area (TPSA) is 55.0 Å². The molecule has 4 nitrogen and oxygen atoms in total. The minimum atomic E-state index is 0.282. The number of aryl methyl sites for hydroxylation is 1. The van der Waals surface area contributed by atoms with Crippen molar-refractivity contribution in [2.24, 2.45) is 5.92 Å². The molecule has 22 heavy (non-hydrogen) atoms. The van der Waals surface area contributed by atoms with Crippen LogP contribution in [0.1, 0.15) is 47.1 Å². The Morgan fingerprint density at radius 3 is 2.77 bits per heavy atom. The molecule has 1 N–H and O–H groups in total. The van der Waals surface area contributed by atoms with E-state index >= 15 is 0 Å². The molecule has 0 atom stereocenters. The van der Waals surface area contributed by atoms with Crippen LogP contribution in [0.15, 0.2) is 30.6 Å². The molecule has 1 heterocycles. The molecule has 0 radical (unpaired) electrons. The van der Waals surface area contributed by atoms with Gasteiger partial charge in [0.25, 0.3) is 0 Å². The summed E-state index contributed by atoms with van der Waals surface area (Å²) in [6, 6.07) is 7.82. The number of benzene rings is 1. The number of hydrogen-bond acceptors (Lipinski definition) is 3. The highest BCUT2D eigenvalue weighted by molar-refractivity contribution is 5.99. The van der Waals surface area contributed by atoms with Gasteiger partial charge < -0.3 is 9.72 Å². The van der Waals surface area contributed by atoms with Gasteiger partial charge in [-0.05, 0) is 24.8 Å². The van der Waals surface area contributed by atoms with Crippen molar-refractivity contribution in [2.45, 2.75) is 39.2 Å². The Hall–Kier alpha value is -1.94. The van der Waals surface area contributed by atoms with E-state index in [1.54, 1.807) is 6.33 Å². The highest BCUT2D eigenvalue weighted by atomic mass is 16.5. The smallest absolute Gasteiger partial charge is 0.165 e. The molecule has 2 aromatic rings. The van der Waals surface area contributed by atoms with Crippen molar-refractivity contribution < 1.29 is 9.53 Å². The van der Waals surface area contributed by atoms with Crippen LogP contribution >= 0.6 is 0 Å². The minimum absolute atomic E-state index is 0.282. The number of aromatic nitrogens is 2. The molecule has 4 heteroatoms. The van der Waals surface area contributed by atoms with Crippen LogP contribution in [0.3, 0.4) is 0 Å². The van der Waals surface area contributed by atoms with Crippen molar-refractivity contribution in [3.05, 3.63) is 53.1 Å².